The minimum absolute atomic E-state index is 0.0194. The number of hydrogen-bond acceptors (Lipinski definition) is 7. The van der Waals surface area contributed by atoms with E-state index in [2.05, 4.69) is 35.7 Å². The number of carbonyl (C=O) groups excluding carboxylic acids is 1. The Kier molecular flexibility index (Phi) is 6.86. The summed E-state index contributed by atoms with van der Waals surface area (Å²) in [5, 5.41) is 7.63. The van der Waals surface area contributed by atoms with E-state index in [1.54, 1.807) is 25.4 Å². The molecule has 4 aromatic rings. The molecule has 4 rings (SSSR count). The van der Waals surface area contributed by atoms with Crippen molar-refractivity contribution in [2.24, 2.45) is 0 Å². The zero-order valence-corrected chi connectivity index (χ0v) is 20.8. The lowest BCUT2D eigenvalue weighted by Gasteiger charge is -2.14. The third kappa shape index (κ3) is 4.89. The molecule has 3 heterocycles. The molecule has 12 heteroatoms. The molecule has 0 amide bonds. The third-order valence-corrected chi connectivity index (χ3v) is 7.45. The van der Waals surface area contributed by atoms with Crippen LogP contribution < -0.4 is 4.72 Å². The van der Waals surface area contributed by atoms with E-state index in [9.17, 15) is 13.4 Å². The molecule has 0 saturated heterocycles. The number of carbonyl (C=O) groups is 1. The van der Waals surface area contributed by atoms with Gasteiger partial charge in [0.15, 0.2) is 16.6 Å². The first-order valence-corrected chi connectivity index (χ1v) is 13.6. The molecule has 0 bridgehead atoms. The predicted molar refractivity (Wildman–Crippen MR) is 135 cm³/mol. The van der Waals surface area contributed by atoms with Crippen molar-refractivity contribution in [3.63, 3.8) is 0 Å². The fourth-order valence-electron chi connectivity index (χ4n) is 3.57. The maximum atomic E-state index is 15.3. The number of halogens is 2. The summed E-state index contributed by atoms with van der Waals surface area (Å²) in [4.78, 5) is 26.3. The molecule has 2 N–H and O–H groups in total. The fraction of sp³-hybridized carbons (Fsp3) is 0.217. The lowest BCUT2D eigenvalue weighted by molar-refractivity contribution is 0.103. The molecule has 1 atom stereocenters. The number of nitrogens with zero attached hydrogens (tertiary/aromatic N) is 4. The second-order valence-electron chi connectivity index (χ2n) is 7.78. The highest BCUT2D eigenvalue weighted by Gasteiger charge is 2.24. The molecule has 0 spiro atoms. The molecule has 1 aromatic carbocycles. The van der Waals surface area contributed by atoms with Crippen molar-refractivity contribution in [3.8, 4) is 11.1 Å². The van der Waals surface area contributed by atoms with Gasteiger partial charge in [0.05, 0.1) is 10.9 Å². The van der Waals surface area contributed by atoms with Crippen molar-refractivity contribution < 1.29 is 17.8 Å². The van der Waals surface area contributed by atoms with Gasteiger partial charge in [-0.2, -0.15) is 5.10 Å². The number of fused-ring (bicyclic) bond motifs is 1. The summed E-state index contributed by atoms with van der Waals surface area (Å²) in [5.41, 5.74) is 1.25. The minimum Gasteiger partial charge on any atom is -0.308 e. The summed E-state index contributed by atoms with van der Waals surface area (Å²) in [5.74, 6) is 0.738. The normalized spacial score (nSPS) is 13.1. The van der Waals surface area contributed by atoms with E-state index < -0.39 is 38.4 Å². The van der Waals surface area contributed by atoms with Crippen LogP contribution in [0.5, 0.6) is 0 Å². The highest BCUT2D eigenvalue weighted by molar-refractivity contribution is 8.01. The van der Waals surface area contributed by atoms with Crippen molar-refractivity contribution in [3.05, 3.63) is 59.2 Å². The van der Waals surface area contributed by atoms with E-state index in [4.69, 9.17) is 0 Å². The van der Waals surface area contributed by atoms with Gasteiger partial charge in [0, 0.05) is 44.7 Å². The van der Waals surface area contributed by atoms with Gasteiger partial charge in [-0.25, -0.2) is 27.9 Å². The topological polar surface area (TPSA) is 114 Å². The summed E-state index contributed by atoms with van der Waals surface area (Å²) in [7, 11) is -2.99. The average Bonchev–Trinajstić information content (AvgIpc) is 3.24. The molecule has 3 aromatic heterocycles. The van der Waals surface area contributed by atoms with Crippen LogP contribution in [0.15, 0.2) is 35.7 Å². The Morgan fingerprint density at radius 1 is 1.26 bits per heavy atom. The highest BCUT2D eigenvalue weighted by atomic mass is 32.2. The maximum absolute atomic E-state index is 15.3. The van der Waals surface area contributed by atoms with Crippen LogP contribution >= 0.6 is 11.8 Å². The van der Waals surface area contributed by atoms with Gasteiger partial charge in [-0.3, -0.25) is 9.89 Å². The largest absolute Gasteiger partial charge is 0.308 e. The molecule has 8 nitrogen and oxygen atoms in total. The molecule has 0 aliphatic carbocycles. The molecular formula is C23H22F2N6O2S2. The van der Waals surface area contributed by atoms with Crippen molar-refractivity contribution >= 4 is 49.8 Å². The maximum Gasteiger partial charge on any atom is 0.214 e. The van der Waals surface area contributed by atoms with Gasteiger partial charge >= 0.3 is 0 Å². The van der Waals surface area contributed by atoms with Gasteiger partial charge in [0.1, 0.15) is 17.2 Å². The van der Waals surface area contributed by atoms with Crippen LogP contribution in [0, 0.1) is 18.6 Å². The molecule has 0 aliphatic rings. The Bertz CT molecular complexity index is 1550. The number of aromatic amines is 1. The minimum atomic E-state index is -2.99. The first-order valence-electron chi connectivity index (χ1n) is 10.5. The van der Waals surface area contributed by atoms with E-state index in [-0.39, 0.29) is 17.1 Å². The Morgan fingerprint density at radius 2 is 2.03 bits per heavy atom. The van der Waals surface area contributed by atoms with Gasteiger partial charge < -0.3 is 4.72 Å². The number of thioether (sulfide) groups is 1. The zero-order valence-electron chi connectivity index (χ0n) is 19.2. The van der Waals surface area contributed by atoms with Gasteiger partial charge in [-0.1, -0.05) is 18.7 Å². The third-order valence-electron chi connectivity index (χ3n) is 5.25. The number of hydrogen-bond donors (Lipinski definition) is 2. The van der Waals surface area contributed by atoms with Crippen LogP contribution in [-0.4, -0.2) is 53.0 Å². The molecule has 0 saturated carbocycles. The smallest absolute Gasteiger partial charge is 0.214 e. The van der Waals surface area contributed by atoms with E-state index in [1.165, 1.54) is 11.8 Å². The number of anilines is 1. The molecule has 1 unspecified atom stereocenters. The number of benzene rings is 1. The van der Waals surface area contributed by atoms with Crippen LogP contribution in [0.3, 0.4) is 0 Å². The van der Waals surface area contributed by atoms with Crippen LogP contribution in [0.2, 0.25) is 0 Å². The number of pyridine rings is 1. The van der Waals surface area contributed by atoms with Crippen molar-refractivity contribution in [1.29, 1.82) is 0 Å². The summed E-state index contributed by atoms with van der Waals surface area (Å²) in [6.45, 7) is 3.61. The molecule has 0 aliphatic heterocycles. The van der Waals surface area contributed by atoms with E-state index in [0.29, 0.717) is 22.5 Å². The SMILES string of the molecule is C=S(=O)(CCC)Nc1c(F)ccc(C(=O)c2[nH]nc3ncc(-c4cnc(SC)nc4C)cc23)c1F. The lowest BCUT2D eigenvalue weighted by Crippen LogP contribution is -2.19. The van der Waals surface area contributed by atoms with Gasteiger partial charge in [-0.15, -0.1) is 0 Å². The summed E-state index contributed by atoms with van der Waals surface area (Å²) in [6, 6.07) is 3.66. The number of H-pyrrole nitrogens is 1. The molecule has 182 valence electrons. The van der Waals surface area contributed by atoms with Crippen LogP contribution in [0.4, 0.5) is 14.5 Å². The van der Waals surface area contributed by atoms with Crippen molar-refractivity contribution in [2.45, 2.75) is 25.4 Å². The zero-order chi connectivity index (χ0) is 25.3. The van der Waals surface area contributed by atoms with Gasteiger partial charge in [-0.05, 0) is 43.7 Å². The second kappa shape index (κ2) is 9.70. The molecule has 35 heavy (non-hydrogen) atoms. The van der Waals surface area contributed by atoms with E-state index >= 15 is 4.39 Å². The predicted octanol–water partition coefficient (Wildman–Crippen LogP) is 4.41. The summed E-state index contributed by atoms with van der Waals surface area (Å²) in [6.07, 6.45) is 5.63. The van der Waals surface area contributed by atoms with E-state index in [1.807, 2.05) is 13.2 Å². The highest BCUT2D eigenvalue weighted by Crippen LogP contribution is 2.29. The first-order chi connectivity index (χ1) is 16.6. The van der Waals surface area contributed by atoms with Gasteiger partial charge in [0.2, 0.25) is 5.78 Å². The number of aryl methyl sites for hydroxylation is 1. The summed E-state index contributed by atoms with van der Waals surface area (Å²) < 4.78 is 44.5. The average molecular weight is 517 g/mol. The Hall–Kier alpha value is -3.38. The number of nitrogens with one attached hydrogen (secondary N) is 2. The molecular weight excluding hydrogens is 494 g/mol. The Morgan fingerprint density at radius 3 is 2.71 bits per heavy atom. The summed E-state index contributed by atoms with van der Waals surface area (Å²) >= 11 is 1.42. The monoisotopic (exact) mass is 516 g/mol. The van der Waals surface area contributed by atoms with E-state index in [0.717, 1.165) is 23.4 Å². The van der Waals surface area contributed by atoms with Crippen LogP contribution in [-0.2, 0) is 9.71 Å². The molecule has 0 radical (unpaired) electrons. The van der Waals surface area contributed by atoms with Gasteiger partial charge in [0.25, 0.3) is 0 Å². The Balaban J connectivity index is 1.77. The number of ketones is 1. The fourth-order valence-corrected chi connectivity index (χ4v) is 5.28. The number of rotatable bonds is 8. The van der Waals surface area contributed by atoms with Crippen molar-refractivity contribution in [2.75, 3.05) is 16.7 Å². The number of aromatic nitrogens is 5. The lowest BCUT2D eigenvalue weighted by atomic mass is 10.0. The first kappa shape index (κ1) is 24.7. The van der Waals surface area contributed by atoms with Crippen LogP contribution in [0.1, 0.15) is 35.1 Å². The Labute approximate surface area is 205 Å². The standard InChI is InChI=1S/C23H22F2N6O2S2/c1-5-8-35(4,33)31-20-17(24)7-6-14(18(20)25)21(32)19-15-9-13(10-26-22(15)30-29-19)16-11-27-23(34-3)28-12(16)2/h6-7,9-11H,4-5,8H2,1-3H3,(H,31,33)(H,26,29,30). The quantitative estimate of drug-likeness (QED) is 0.154. The van der Waals surface area contributed by atoms with Crippen molar-refractivity contribution in [1.82, 2.24) is 25.1 Å². The second-order valence-corrected chi connectivity index (χ2v) is 10.8. The van der Waals surface area contributed by atoms with Crippen LogP contribution in [0.25, 0.3) is 22.2 Å². The molecule has 0 fully saturated rings.